The Morgan fingerprint density at radius 2 is 1.92 bits per heavy atom. The Hall–Kier alpha value is -3.62. The van der Waals surface area contributed by atoms with Crippen LogP contribution in [0.3, 0.4) is 0 Å². The molecule has 3 N–H and O–H groups in total. The molecule has 36 heavy (non-hydrogen) atoms. The van der Waals surface area contributed by atoms with Crippen LogP contribution in [0.1, 0.15) is 66.1 Å². The van der Waals surface area contributed by atoms with Gasteiger partial charge >= 0.3 is 0 Å². The summed E-state index contributed by atoms with van der Waals surface area (Å²) in [5, 5.41) is 8.70. The Balaban J connectivity index is 1.67. The topological polar surface area (TPSA) is 122 Å². The molecule has 0 bridgehead atoms. The molecule has 3 heterocycles. The van der Waals surface area contributed by atoms with Crippen LogP contribution in [0.25, 0.3) is 0 Å². The number of carbonyl (C=O) groups excluding carboxylic acids is 2. The lowest BCUT2D eigenvalue weighted by atomic mass is 9.84. The van der Waals surface area contributed by atoms with Crippen molar-refractivity contribution in [3.8, 4) is 11.5 Å². The summed E-state index contributed by atoms with van der Waals surface area (Å²) in [5.74, 6) is 1.11. The van der Waals surface area contributed by atoms with Crippen molar-refractivity contribution in [1.82, 2.24) is 9.88 Å². The van der Waals surface area contributed by atoms with E-state index < -0.39 is 5.91 Å². The molecule has 0 fully saturated rings. The van der Waals surface area contributed by atoms with Crippen molar-refractivity contribution in [2.75, 3.05) is 37.7 Å². The zero-order valence-corrected chi connectivity index (χ0v) is 21.9. The number of nitrogens with two attached hydrogens (primary N) is 1. The molecular formula is C27H35N5O4. The molecule has 0 atom stereocenters. The summed E-state index contributed by atoms with van der Waals surface area (Å²) in [7, 11) is 0. The molecule has 2 aromatic rings. The number of Topliss-reactive ketones (excluding diaryl/α,β-unsaturated/α-hetero) is 1. The van der Waals surface area contributed by atoms with E-state index in [-0.39, 0.29) is 30.1 Å². The maximum atomic E-state index is 13.6. The van der Waals surface area contributed by atoms with Gasteiger partial charge in [0.2, 0.25) is 5.91 Å². The van der Waals surface area contributed by atoms with E-state index in [1.807, 2.05) is 31.7 Å². The van der Waals surface area contributed by atoms with Gasteiger partial charge in [0.05, 0.1) is 37.6 Å². The van der Waals surface area contributed by atoms with Crippen molar-refractivity contribution in [3.63, 3.8) is 0 Å². The predicted octanol–water partition coefficient (Wildman–Crippen LogP) is 3.10. The third-order valence-electron chi connectivity index (χ3n) is 6.69. The first-order valence-electron chi connectivity index (χ1n) is 12.3. The average molecular weight is 494 g/mol. The Morgan fingerprint density at radius 1 is 1.19 bits per heavy atom. The maximum absolute atomic E-state index is 13.6. The molecule has 0 unspecified atom stereocenters. The van der Waals surface area contributed by atoms with Crippen LogP contribution in [0.2, 0.25) is 0 Å². The molecule has 1 aromatic heterocycles. The van der Waals surface area contributed by atoms with Crippen molar-refractivity contribution in [2.45, 2.75) is 53.5 Å². The van der Waals surface area contributed by atoms with Crippen molar-refractivity contribution in [3.05, 3.63) is 45.8 Å². The fourth-order valence-corrected chi connectivity index (χ4v) is 4.89. The highest BCUT2D eigenvalue weighted by Crippen LogP contribution is 2.42. The summed E-state index contributed by atoms with van der Waals surface area (Å²) >= 11 is 0. The number of carbonyl (C=O) groups is 2. The van der Waals surface area contributed by atoms with Gasteiger partial charge < -0.3 is 25.0 Å². The number of rotatable bonds is 7. The van der Waals surface area contributed by atoms with Crippen molar-refractivity contribution >= 4 is 23.2 Å². The van der Waals surface area contributed by atoms with E-state index in [4.69, 9.17) is 20.6 Å². The number of hydrogen-bond acceptors (Lipinski definition) is 7. The van der Waals surface area contributed by atoms with Gasteiger partial charge in [0.1, 0.15) is 29.6 Å². The molecule has 192 valence electrons. The first-order chi connectivity index (χ1) is 16.9. The van der Waals surface area contributed by atoms with Gasteiger partial charge in [-0.3, -0.25) is 15.0 Å². The molecule has 0 aliphatic carbocycles. The van der Waals surface area contributed by atoms with Crippen molar-refractivity contribution in [2.24, 2.45) is 5.73 Å². The second-order valence-corrected chi connectivity index (χ2v) is 10.4. The fourth-order valence-electron chi connectivity index (χ4n) is 4.89. The number of hydrogen-bond donors (Lipinski definition) is 2. The van der Waals surface area contributed by atoms with Gasteiger partial charge in [-0.2, -0.15) is 0 Å². The number of nitrogens with zero attached hydrogens (tertiary/aromatic N) is 3. The number of fused-ring (bicyclic) bond motifs is 2. The average Bonchev–Trinajstić information content (AvgIpc) is 3.10. The van der Waals surface area contributed by atoms with Gasteiger partial charge in [0.15, 0.2) is 5.78 Å². The minimum atomic E-state index is -0.440. The molecule has 4 rings (SSSR count). The third-order valence-corrected chi connectivity index (χ3v) is 6.69. The number of anilines is 1. The number of amides is 1. The third kappa shape index (κ3) is 4.62. The lowest BCUT2D eigenvalue weighted by Gasteiger charge is -2.35. The number of pyridine rings is 1. The maximum Gasteiger partial charge on any atom is 0.236 e. The summed E-state index contributed by atoms with van der Waals surface area (Å²) in [6.45, 7) is 14.0. The van der Waals surface area contributed by atoms with E-state index in [1.165, 1.54) is 0 Å². The SMILES string of the molecule is CCOc1c(C)nc2c(c1C)CN(CC(=O)c1cc3c(c(C(C)(C)C)c1)OCCN3CC(N)=O)C2=N. The van der Waals surface area contributed by atoms with E-state index >= 15 is 0 Å². The summed E-state index contributed by atoms with van der Waals surface area (Å²) in [6, 6.07) is 3.66. The normalized spacial score (nSPS) is 14.9. The van der Waals surface area contributed by atoms with Crippen LogP contribution in [-0.2, 0) is 16.8 Å². The van der Waals surface area contributed by atoms with E-state index in [1.54, 1.807) is 11.0 Å². The number of nitrogens with one attached hydrogen (secondary N) is 1. The standard InChI is InChI=1S/C27H35N5O4/c1-7-35-24-15(2)18-12-32(26(29)23(18)30-16(24)3)13-21(33)17-10-19(27(4,5)6)25-20(11-17)31(8-9-36-25)14-22(28)34/h10-11,29H,7-9,12-14H2,1-6H3,(H2,28,34). The minimum Gasteiger partial charge on any atom is -0.492 e. The van der Waals surface area contributed by atoms with Crippen LogP contribution >= 0.6 is 0 Å². The largest absolute Gasteiger partial charge is 0.492 e. The summed E-state index contributed by atoms with van der Waals surface area (Å²) < 4.78 is 11.8. The van der Waals surface area contributed by atoms with Crippen molar-refractivity contribution < 1.29 is 19.1 Å². The number of ether oxygens (including phenoxy) is 2. The molecule has 0 saturated carbocycles. The molecule has 2 aliphatic rings. The Labute approximate surface area is 212 Å². The lowest BCUT2D eigenvalue weighted by molar-refractivity contribution is -0.116. The van der Waals surface area contributed by atoms with Crippen LogP contribution in [-0.4, -0.2) is 60.3 Å². The number of primary amides is 1. The highest BCUT2D eigenvalue weighted by Gasteiger charge is 2.33. The molecule has 0 spiro atoms. The minimum absolute atomic E-state index is 0.0384. The number of aryl methyl sites for hydroxylation is 1. The lowest BCUT2D eigenvalue weighted by Crippen LogP contribution is -2.40. The highest BCUT2D eigenvalue weighted by molar-refractivity contribution is 6.05. The van der Waals surface area contributed by atoms with Crippen LogP contribution in [0.4, 0.5) is 5.69 Å². The fraction of sp³-hybridized carbons (Fsp3) is 0.481. The van der Waals surface area contributed by atoms with Crippen LogP contribution < -0.4 is 20.1 Å². The molecule has 0 radical (unpaired) electrons. The zero-order valence-electron chi connectivity index (χ0n) is 21.9. The van der Waals surface area contributed by atoms with Gasteiger partial charge in [0, 0.05) is 28.8 Å². The van der Waals surface area contributed by atoms with Crippen LogP contribution in [0.5, 0.6) is 11.5 Å². The number of ketones is 1. The number of amidine groups is 1. The highest BCUT2D eigenvalue weighted by atomic mass is 16.5. The van der Waals surface area contributed by atoms with E-state index in [9.17, 15) is 9.59 Å². The number of aromatic nitrogens is 1. The second kappa shape index (κ2) is 9.44. The van der Waals surface area contributed by atoms with Gasteiger partial charge in [-0.05, 0) is 38.3 Å². The van der Waals surface area contributed by atoms with Crippen LogP contribution in [0.15, 0.2) is 12.1 Å². The molecule has 9 heteroatoms. The van der Waals surface area contributed by atoms with E-state index in [2.05, 4.69) is 25.8 Å². The van der Waals surface area contributed by atoms with Gasteiger partial charge in [-0.15, -0.1) is 0 Å². The van der Waals surface area contributed by atoms with Gasteiger partial charge in [-0.25, -0.2) is 4.98 Å². The monoisotopic (exact) mass is 493 g/mol. The molecular weight excluding hydrogens is 458 g/mol. The quantitative estimate of drug-likeness (QED) is 0.568. The van der Waals surface area contributed by atoms with E-state index in [0.717, 1.165) is 28.1 Å². The van der Waals surface area contributed by atoms with Gasteiger partial charge in [-0.1, -0.05) is 20.8 Å². The first-order valence-corrected chi connectivity index (χ1v) is 12.3. The Bertz CT molecular complexity index is 1250. The molecule has 0 saturated heterocycles. The molecule has 9 nitrogen and oxygen atoms in total. The molecule has 2 aliphatic heterocycles. The summed E-state index contributed by atoms with van der Waals surface area (Å²) in [4.78, 5) is 33.5. The summed E-state index contributed by atoms with van der Waals surface area (Å²) in [5.41, 5.74) is 10.5. The second-order valence-electron chi connectivity index (χ2n) is 10.4. The van der Waals surface area contributed by atoms with E-state index in [0.29, 0.717) is 49.0 Å². The van der Waals surface area contributed by atoms with Gasteiger partial charge in [0.25, 0.3) is 0 Å². The smallest absolute Gasteiger partial charge is 0.236 e. The zero-order chi connectivity index (χ0) is 26.4. The Morgan fingerprint density at radius 3 is 2.56 bits per heavy atom. The predicted molar refractivity (Wildman–Crippen MR) is 138 cm³/mol. The molecule has 1 amide bonds. The molecule has 1 aromatic carbocycles. The van der Waals surface area contributed by atoms with Crippen molar-refractivity contribution in [1.29, 1.82) is 5.41 Å². The van der Waals surface area contributed by atoms with Crippen LogP contribution in [0, 0.1) is 19.3 Å². The first kappa shape index (κ1) is 25.5. The number of benzene rings is 1. The summed E-state index contributed by atoms with van der Waals surface area (Å²) in [6.07, 6.45) is 0. The Kier molecular flexibility index (Phi) is 6.68.